The second kappa shape index (κ2) is 11.6. The molecule has 0 aliphatic rings. The molecule has 0 heterocycles. The number of nitrogens with one attached hydrogen (secondary N) is 1. The third-order valence-electron chi connectivity index (χ3n) is 5.04. The zero-order chi connectivity index (χ0) is 21.2. The highest BCUT2D eigenvalue weighted by Crippen LogP contribution is 2.21. The van der Waals surface area contributed by atoms with E-state index < -0.39 is 12.1 Å². The predicted octanol–water partition coefficient (Wildman–Crippen LogP) is 3.29. The molecule has 4 N–H and O–H groups in total. The molecule has 5 heteroatoms. The third kappa shape index (κ3) is 7.87. The number of aliphatic hydroxyl groups excluding tert-OH is 1. The van der Waals surface area contributed by atoms with Crippen molar-refractivity contribution < 1.29 is 14.6 Å². The van der Waals surface area contributed by atoms with Crippen LogP contribution in [-0.4, -0.2) is 30.2 Å². The Bertz CT molecular complexity index is 732. The summed E-state index contributed by atoms with van der Waals surface area (Å²) in [6.07, 6.45) is 0.918. The predicted molar refractivity (Wildman–Crippen MR) is 117 cm³/mol. The van der Waals surface area contributed by atoms with E-state index in [-0.39, 0.29) is 11.8 Å². The molecule has 0 spiro atoms. The molecular weight excluding hydrogens is 364 g/mol. The molecule has 0 saturated carbocycles. The monoisotopic (exact) mass is 398 g/mol. The normalized spacial score (nSPS) is 14.3. The standard InChI is InChI=1S/C24H34N2O3/c1-17(2)13-20(24(28)26-3)15-23(27)22(25)14-18-9-11-21(12-10-18)29-16-19-7-5-4-6-8-19/h4-12,17,20,22-23,27H,13-16,25H2,1-3H3,(H,26,28)/t20-,22?,23+/m1/s1. The lowest BCUT2D eigenvalue weighted by Gasteiger charge is -2.24. The number of nitrogens with two attached hydrogens (primary N) is 1. The average molecular weight is 399 g/mol. The van der Waals surface area contributed by atoms with Gasteiger partial charge in [0.05, 0.1) is 6.10 Å². The fourth-order valence-electron chi connectivity index (χ4n) is 3.42. The van der Waals surface area contributed by atoms with Crippen molar-refractivity contribution in [1.29, 1.82) is 0 Å². The molecule has 29 heavy (non-hydrogen) atoms. The number of benzene rings is 2. The van der Waals surface area contributed by atoms with Crippen LogP contribution in [0.25, 0.3) is 0 Å². The van der Waals surface area contributed by atoms with Gasteiger partial charge >= 0.3 is 0 Å². The van der Waals surface area contributed by atoms with E-state index in [4.69, 9.17) is 10.5 Å². The molecule has 0 aromatic heterocycles. The summed E-state index contributed by atoms with van der Waals surface area (Å²) in [7, 11) is 1.63. The van der Waals surface area contributed by atoms with Gasteiger partial charge in [-0.3, -0.25) is 4.79 Å². The van der Waals surface area contributed by atoms with E-state index in [2.05, 4.69) is 19.2 Å². The summed E-state index contributed by atoms with van der Waals surface area (Å²) in [6.45, 7) is 4.67. The molecule has 0 bridgehead atoms. The number of carbonyl (C=O) groups excluding carboxylic acids is 1. The Morgan fingerprint density at radius 2 is 1.69 bits per heavy atom. The van der Waals surface area contributed by atoms with Gasteiger partial charge in [0.25, 0.3) is 0 Å². The van der Waals surface area contributed by atoms with Crippen LogP contribution in [0.15, 0.2) is 54.6 Å². The van der Waals surface area contributed by atoms with Gasteiger partial charge in [0.1, 0.15) is 12.4 Å². The van der Waals surface area contributed by atoms with Crippen LogP contribution in [0.2, 0.25) is 0 Å². The number of carbonyl (C=O) groups is 1. The van der Waals surface area contributed by atoms with Crippen LogP contribution in [0.1, 0.15) is 37.8 Å². The number of rotatable bonds is 11. The summed E-state index contributed by atoms with van der Waals surface area (Å²) < 4.78 is 5.80. The van der Waals surface area contributed by atoms with E-state index in [1.54, 1.807) is 7.05 Å². The van der Waals surface area contributed by atoms with Crippen molar-refractivity contribution in [3.63, 3.8) is 0 Å². The largest absolute Gasteiger partial charge is 0.489 e. The molecule has 1 unspecified atom stereocenters. The van der Waals surface area contributed by atoms with E-state index >= 15 is 0 Å². The number of amides is 1. The van der Waals surface area contributed by atoms with Crippen molar-refractivity contribution in [3.05, 3.63) is 65.7 Å². The lowest BCUT2D eigenvalue weighted by Crippen LogP contribution is -2.40. The Balaban J connectivity index is 1.86. The fraction of sp³-hybridized carbons (Fsp3) is 0.458. The minimum atomic E-state index is -0.731. The van der Waals surface area contributed by atoms with Gasteiger partial charge in [-0.1, -0.05) is 56.3 Å². The molecule has 2 rings (SSSR count). The van der Waals surface area contributed by atoms with Gasteiger partial charge in [-0.25, -0.2) is 0 Å². The van der Waals surface area contributed by atoms with Crippen molar-refractivity contribution in [1.82, 2.24) is 5.32 Å². The van der Waals surface area contributed by atoms with Crippen LogP contribution in [0.5, 0.6) is 5.75 Å². The molecule has 1 amide bonds. The first-order valence-corrected chi connectivity index (χ1v) is 10.3. The summed E-state index contributed by atoms with van der Waals surface area (Å²) in [4.78, 5) is 12.1. The van der Waals surface area contributed by atoms with Gasteiger partial charge in [-0.05, 0) is 48.4 Å². The Morgan fingerprint density at radius 3 is 2.28 bits per heavy atom. The number of hydrogen-bond acceptors (Lipinski definition) is 4. The topological polar surface area (TPSA) is 84.6 Å². The number of aliphatic hydroxyl groups is 1. The molecule has 158 valence electrons. The van der Waals surface area contributed by atoms with Crippen molar-refractivity contribution in [2.75, 3.05) is 7.05 Å². The van der Waals surface area contributed by atoms with Crippen molar-refractivity contribution >= 4 is 5.91 Å². The maximum Gasteiger partial charge on any atom is 0.222 e. The summed E-state index contributed by atoms with van der Waals surface area (Å²) in [6, 6.07) is 17.4. The molecule has 2 aromatic carbocycles. The van der Waals surface area contributed by atoms with E-state index in [1.165, 1.54) is 0 Å². The van der Waals surface area contributed by atoms with Gasteiger partial charge in [0.15, 0.2) is 0 Å². The van der Waals surface area contributed by atoms with Crippen molar-refractivity contribution in [2.45, 2.75) is 51.9 Å². The van der Waals surface area contributed by atoms with Crippen molar-refractivity contribution in [3.8, 4) is 5.75 Å². The first-order chi connectivity index (χ1) is 13.9. The van der Waals surface area contributed by atoms with Gasteiger partial charge in [-0.2, -0.15) is 0 Å². The second-order valence-electron chi connectivity index (χ2n) is 8.03. The molecule has 0 saturated heterocycles. The summed E-state index contributed by atoms with van der Waals surface area (Å²) in [5.41, 5.74) is 8.38. The first kappa shape index (κ1) is 22.9. The highest BCUT2D eigenvalue weighted by molar-refractivity contribution is 5.78. The van der Waals surface area contributed by atoms with Crippen LogP contribution in [0.3, 0.4) is 0 Å². The SMILES string of the molecule is CNC(=O)[C@H](CC(C)C)C[C@H](O)C(N)Cc1ccc(OCc2ccccc2)cc1. The minimum Gasteiger partial charge on any atom is -0.489 e. The molecule has 0 aliphatic carbocycles. The highest BCUT2D eigenvalue weighted by atomic mass is 16.5. The van der Waals surface area contributed by atoms with Crippen LogP contribution in [0.4, 0.5) is 0 Å². The number of hydrogen-bond donors (Lipinski definition) is 3. The second-order valence-corrected chi connectivity index (χ2v) is 8.03. The Labute approximate surface area is 174 Å². The molecular formula is C24H34N2O3. The summed E-state index contributed by atoms with van der Waals surface area (Å²) in [5, 5.41) is 13.2. The Hall–Kier alpha value is -2.37. The third-order valence-corrected chi connectivity index (χ3v) is 5.04. The van der Waals surface area contributed by atoms with Crippen LogP contribution in [0, 0.1) is 11.8 Å². The van der Waals surface area contributed by atoms with Gasteiger partial charge < -0.3 is 20.9 Å². The van der Waals surface area contributed by atoms with Crippen LogP contribution in [-0.2, 0) is 17.8 Å². The van der Waals surface area contributed by atoms with Crippen LogP contribution < -0.4 is 15.8 Å². The highest BCUT2D eigenvalue weighted by Gasteiger charge is 2.25. The van der Waals surface area contributed by atoms with E-state index in [0.717, 1.165) is 23.3 Å². The molecule has 2 aromatic rings. The average Bonchev–Trinajstić information content (AvgIpc) is 2.72. The fourth-order valence-corrected chi connectivity index (χ4v) is 3.42. The Kier molecular flexibility index (Phi) is 9.16. The van der Waals surface area contributed by atoms with E-state index in [1.807, 2.05) is 54.6 Å². The lowest BCUT2D eigenvalue weighted by molar-refractivity contribution is -0.126. The minimum absolute atomic E-state index is 0.0372. The molecule has 0 radical (unpaired) electrons. The van der Waals surface area contributed by atoms with Crippen molar-refractivity contribution in [2.24, 2.45) is 17.6 Å². The summed E-state index contributed by atoms with van der Waals surface area (Å²) in [5.74, 6) is 0.909. The smallest absolute Gasteiger partial charge is 0.222 e. The van der Waals surface area contributed by atoms with E-state index in [0.29, 0.717) is 25.4 Å². The van der Waals surface area contributed by atoms with Gasteiger partial charge in [-0.15, -0.1) is 0 Å². The van der Waals surface area contributed by atoms with Crippen LogP contribution >= 0.6 is 0 Å². The lowest BCUT2D eigenvalue weighted by atomic mass is 9.88. The zero-order valence-corrected chi connectivity index (χ0v) is 17.7. The maximum atomic E-state index is 12.1. The maximum absolute atomic E-state index is 12.1. The molecule has 0 aliphatic heterocycles. The zero-order valence-electron chi connectivity index (χ0n) is 17.7. The van der Waals surface area contributed by atoms with E-state index in [9.17, 15) is 9.90 Å². The molecule has 3 atom stereocenters. The first-order valence-electron chi connectivity index (χ1n) is 10.3. The quantitative estimate of drug-likeness (QED) is 0.542. The molecule has 5 nitrogen and oxygen atoms in total. The number of ether oxygens (including phenoxy) is 1. The van der Waals surface area contributed by atoms with Gasteiger partial charge in [0, 0.05) is 19.0 Å². The van der Waals surface area contributed by atoms with Gasteiger partial charge in [0.2, 0.25) is 5.91 Å². The summed E-state index contributed by atoms with van der Waals surface area (Å²) >= 11 is 0. The molecule has 0 fully saturated rings. The Morgan fingerprint density at radius 1 is 1.03 bits per heavy atom.